The van der Waals surface area contributed by atoms with Crippen molar-refractivity contribution in [3.05, 3.63) is 90.6 Å². The van der Waals surface area contributed by atoms with E-state index >= 15 is 0 Å². The molecule has 3 aromatic carbocycles. The Kier molecular flexibility index (Phi) is 5.36. The maximum absolute atomic E-state index is 12.8. The Bertz CT molecular complexity index is 1330. The van der Waals surface area contributed by atoms with Crippen LogP contribution in [0.5, 0.6) is 0 Å². The molecule has 0 saturated carbocycles. The van der Waals surface area contributed by atoms with Crippen molar-refractivity contribution in [3.63, 3.8) is 0 Å². The number of hydrogen-bond acceptors (Lipinski definition) is 3. The molecule has 2 heterocycles. The van der Waals surface area contributed by atoms with Gasteiger partial charge in [-0.3, -0.25) is 14.5 Å². The summed E-state index contributed by atoms with van der Waals surface area (Å²) in [6, 6.07) is 23.9. The van der Waals surface area contributed by atoms with Crippen molar-refractivity contribution < 1.29 is 14.4 Å². The van der Waals surface area contributed by atoms with Crippen LogP contribution in [-0.4, -0.2) is 40.3 Å². The number of imide groups is 1. The number of nitrogens with one attached hydrogen (secondary N) is 3. The number of H-pyrrole nitrogens is 1. The van der Waals surface area contributed by atoms with Gasteiger partial charge in [-0.15, -0.1) is 0 Å². The molecule has 1 saturated heterocycles. The molecule has 0 radical (unpaired) electrons. The van der Waals surface area contributed by atoms with Crippen molar-refractivity contribution in [1.82, 2.24) is 15.2 Å². The number of amides is 4. The maximum atomic E-state index is 12.8. The molecule has 33 heavy (non-hydrogen) atoms. The first-order valence-corrected chi connectivity index (χ1v) is 10.7. The van der Waals surface area contributed by atoms with Gasteiger partial charge in [0.2, 0.25) is 5.91 Å². The van der Waals surface area contributed by atoms with E-state index in [1.165, 1.54) is 0 Å². The van der Waals surface area contributed by atoms with Crippen LogP contribution in [0.25, 0.3) is 22.0 Å². The van der Waals surface area contributed by atoms with E-state index in [0.717, 1.165) is 32.5 Å². The smallest absolute Gasteiger partial charge is 0.325 e. The summed E-state index contributed by atoms with van der Waals surface area (Å²) in [7, 11) is 0. The summed E-state index contributed by atoms with van der Waals surface area (Å²) in [4.78, 5) is 41.9. The quantitative estimate of drug-likeness (QED) is 0.398. The van der Waals surface area contributed by atoms with Gasteiger partial charge in [0.1, 0.15) is 12.6 Å². The lowest BCUT2D eigenvalue weighted by atomic mass is 10.1. The van der Waals surface area contributed by atoms with Crippen molar-refractivity contribution >= 4 is 34.4 Å². The van der Waals surface area contributed by atoms with Crippen molar-refractivity contribution in [3.8, 4) is 11.1 Å². The van der Waals surface area contributed by atoms with E-state index in [9.17, 15) is 14.4 Å². The number of aromatic amines is 1. The summed E-state index contributed by atoms with van der Waals surface area (Å²) in [6.45, 7) is -0.338. The molecule has 4 amide bonds. The first-order valence-electron chi connectivity index (χ1n) is 10.7. The number of hydrogen-bond donors (Lipinski definition) is 3. The van der Waals surface area contributed by atoms with Gasteiger partial charge in [0, 0.05) is 29.2 Å². The van der Waals surface area contributed by atoms with Crippen LogP contribution in [0.15, 0.2) is 85.1 Å². The molecule has 5 rings (SSSR count). The van der Waals surface area contributed by atoms with Crippen molar-refractivity contribution in [2.75, 3.05) is 11.9 Å². The van der Waals surface area contributed by atoms with Gasteiger partial charge in [-0.05, 0) is 34.9 Å². The Morgan fingerprint density at radius 3 is 2.36 bits per heavy atom. The van der Waals surface area contributed by atoms with Gasteiger partial charge in [0.15, 0.2) is 0 Å². The first kappa shape index (κ1) is 20.5. The molecule has 1 fully saturated rings. The average molecular weight is 438 g/mol. The third-order valence-corrected chi connectivity index (χ3v) is 5.78. The Labute approximate surface area is 190 Å². The van der Waals surface area contributed by atoms with Crippen LogP contribution >= 0.6 is 0 Å². The van der Waals surface area contributed by atoms with E-state index in [1.807, 2.05) is 72.9 Å². The van der Waals surface area contributed by atoms with Crippen LogP contribution in [0.3, 0.4) is 0 Å². The summed E-state index contributed by atoms with van der Waals surface area (Å²) in [5.74, 6) is -0.835. The van der Waals surface area contributed by atoms with Gasteiger partial charge in [0.05, 0.1) is 0 Å². The normalized spacial score (nSPS) is 15.6. The standard InChI is InChI=1S/C26H22N4O3/c31-24(28-20-12-10-18(11-13-20)17-6-2-1-3-7-17)16-30-25(32)23(29-26(30)33)14-19-15-27-22-9-5-4-8-21(19)22/h1-13,15,23,27H,14,16H2,(H,28,31)(H,29,33)/t23-/m0/s1. The highest BCUT2D eigenvalue weighted by molar-refractivity contribution is 6.08. The van der Waals surface area contributed by atoms with Gasteiger partial charge in [0.25, 0.3) is 5.91 Å². The molecule has 7 heteroatoms. The van der Waals surface area contributed by atoms with E-state index in [2.05, 4.69) is 15.6 Å². The minimum absolute atomic E-state index is 0.338. The second-order valence-corrected chi connectivity index (χ2v) is 7.98. The van der Waals surface area contributed by atoms with Crippen LogP contribution in [0.4, 0.5) is 10.5 Å². The number of fused-ring (bicyclic) bond motifs is 1. The summed E-state index contributed by atoms with van der Waals surface area (Å²) < 4.78 is 0. The number of nitrogens with zero attached hydrogens (tertiary/aromatic N) is 1. The van der Waals surface area contributed by atoms with E-state index in [1.54, 1.807) is 12.1 Å². The number of anilines is 1. The van der Waals surface area contributed by atoms with Gasteiger partial charge >= 0.3 is 6.03 Å². The zero-order chi connectivity index (χ0) is 22.8. The highest BCUT2D eigenvalue weighted by Crippen LogP contribution is 2.22. The van der Waals surface area contributed by atoms with Crippen LogP contribution in [0.2, 0.25) is 0 Å². The molecule has 1 aliphatic rings. The molecule has 4 aromatic rings. The Balaban J connectivity index is 1.21. The fraction of sp³-hybridized carbons (Fsp3) is 0.115. The second-order valence-electron chi connectivity index (χ2n) is 7.98. The predicted octanol–water partition coefficient (Wildman–Crippen LogP) is 3.94. The molecule has 164 valence electrons. The number of para-hydroxylation sites is 1. The molecule has 0 spiro atoms. The summed E-state index contributed by atoms with van der Waals surface area (Å²) in [5, 5.41) is 6.46. The molecule has 1 aliphatic heterocycles. The minimum Gasteiger partial charge on any atom is -0.361 e. The van der Waals surface area contributed by atoms with Gasteiger partial charge in [-0.1, -0.05) is 60.7 Å². The van der Waals surface area contributed by atoms with Gasteiger partial charge in [-0.25, -0.2) is 4.79 Å². The van der Waals surface area contributed by atoms with Crippen LogP contribution in [-0.2, 0) is 16.0 Å². The van der Waals surface area contributed by atoms with E-state index in [-0.39, 0.29) is 6.54 Å². The SMILES string of the molecule is O=C(CN1C(=O)N[C@@H](Cc2c[nH]c3ccccc23)C1=O)Nc1ccc(-c2ccccc2)cc1. The molecule has 0 unspecified atom stereocenters. The molecule has 1 aromatic heterocycles. The number of urea groups is 1. The van der Waals surface area contributed by atoms with Crippen molar-refractivity contribution in [2.45, 2.75) is 12.5 Å². The van der Waals surface area contributed by atoms with Crippen LogP contribution in [0.1, 0.15) is 5.56 Å². The third-order valence-electron chi connectivity index (χ3n) is 5.78. The second kappa shape index (κ2) is 8.63. The highest BCUT2D eigenvalue weighted by atomic mass is 16.2. The predicted molar refractivity (Wildman–Crippen MR) is 127 cm³/mol. The average Bonchev–Trinajstić information content (AvgIpc) is 3.36. The monoisotopic (exact) mass is 438 g/mol. The number of rotatable bonds is 6. The molecular formula is C26H22N4O3. The topological polar surface area (TPSA) is 94.3 Å². The maximum Gasteiger partial charge on any atom is 0.325 e. The minimum atomic E-state index is -0.699. The Morgan fingerprint density at radius 1 is 0.879 bits per heavy atom. The van der Waals surface area contributed by atoms with E-state index < -0.39 is 23.9 Å². The Morgan fingerprint density at radius 2 is 1.58 bits per heavy atom. The Hall–Kier alpha value is -4.39. The van der Waals surface area contributed by atoms with Crippen LogP contribution < -0.4 is 10.6 Å². The molecule has 0 bridgehead atoms. The fourth-order valence-corrected chi connectivity index (χ4v) is 4.11. The third kappa shape index (κ3) is 4.21. The fourth-order valence-electron chi connectivity index (χ4n) is 4.11. The first-order chi connectivity index (χ1) is 16.1. The van der Waals surface area contributed by atoms with Crippen LogP contribution in [0, 0.1) is 0 Å². The lowest BCUT2D eigenvalue weighted by Gasteiger charge is -2.13. The molecule has 3 N–H and O–H groups in total. The summed E-state index contributed by atoms with van der Waals surface area (Å²) in [6.07, 6.45) is 2.20. The molecule has 7 nitrogen and oxygen atoms in total. The summed E-state index contributed by atoms with van der Waals surface area (Å²) in [5.41, 5.74) is 4.62. The number of aromatic nitrogens is 1. The number of benzene rings is 3. The number of carbonyl (C=O) groups excluding carboxylic acids is 3. The largest absolute Gasteiger partial charge is 0.361 e. The zero-order valence-electron chi connectivity index (χ0n) is 17.7. The zero-order valence-corrected chi connectivity index (χ0v) is 17.7. The molecular weight excluding hydrogens is 416 g/mol. The highest BCUT2D eigenvalue weighted by Gasteiger charge is 2.39. The van der Waals surface area contributed by atoms with Crippen molar-refractivity contribution in [1.29, 1.82) is 0 Å². The number of carbonyl (C=O) groups is 3. The lowest BCUT2D eigenvalue weighted by molar-refractivity contribution is -0.130. The van der Waals surface area contributed by atoms with E-state index in [4.69, 9.17) is 0 Å². The lowest BCUT2D eigenvalue weighted by Crippen LogP contribution is -2.38. The van der Waals surface area contributed by atoms with Gasteiger partial charge < -0.3 is 15.6 Å². The van der Waals surface area contributed by atoms with Gasteiger partial charge in [-0.2, -0.15) is 0 Å². The molecule has 1 atom stereocenters. The molecule has 0 aliphatic carbocycles. The van der Waals surface area contributed by atoms with E-state index in [0.29, 0.717) is 12.1 Å². The van der Waals surface area contributed by atoms with Crippen molar-refractivity contribution in [2.24, 2.45) is 0 Å². The summed E-state index contributed by atoms with van der Waals surface area (Å²) >= 11 is 0.